The lowest BCUT2D eigenvalue weighted by Crippen LogP contribution is -2.25. The Morgan fingerprint density at radius 1 is 1.14 bits per heavy atom. The highest BCUT2D eigenvalue weighted by molar-refractivity contribution is 7.91. The largest absolute Gasteiger partial charge is 0.330 e. The minimum atomic E-state index is -2.90. The normalized spacial score (nSPS) is 14.6. The van der Waals surface area contributed by atoms with Crippen LogP contribution in [-0.2, 0) is 9.84 Å². The Hall–Kier alpha value is -0.0900. The molecule has 0 aliphatic carbocycles. The average Bonchev–Trinajstić information content (AvgIpc) is 2.13. The summed E-state index contributed by atoms with van der Waals surface area (Å²) in [6, 6.07) is 0. The van der Waals surface area contributed by atoms with Crippen LogP contribution < -0.4 is 5.73 Å². The van der Waals surface area contributed by atoms with Gasteiger partial charge in [0.05, 0.1) is 11.5 Å². The van der Waals surface area contributed by atoms with E-state index < -0.39 is 9.84 Å². The molecule has 2 N–H and O–H groups in total. The molecule has 0 fully saturated rings. The third-order valence-electron chi connectivity index (χ3n) is 2.59. The average molecular weight is 221 g/mol. The summed E-state index contributed by atoms with van der Waals surface area (Å²) in [5.41, 5.74) is 5.41. The smallest absolute Gasteiger partial charge is 0.150 e. The number of nitrogens with two attached hydrogens (primary N) is 1. The molecule has 0 aromatic carbocycles. The zero-order chi connectivity index (χ0) is 11.2. The van der Waals surface area contributed by atoms with Crippen LogP contribution in [0, 0.1) is 11.8 Å². The van der Waals surface area contributed by atoms with Crippen molar-refractivity contribution in [2.45, 2.75) is 33.6 Å². The van der Waals surface area contributed by atoms with E-state index in [0.29, 0.717) is 18.2 Å². The molecular weight excluding hydrogens is 198 g/mol. The molecule has 0 bridgehead atoms. The van der Waals surface area contributed by atoms with Crippen molar-refractivity contribution in [3.8, 4) is 0 Å². The number of hydrogen-bond donors (Lipinski definition) is 1. The van der Waals surface area contributed by atoms with Gasteiger partial charge in [-0.1, -0.05) is 33.6 Å². The van der Waals surface area contributed by atoms with Gasteiger partial charge in [0, 0.05) is 0 Å². The molecule has 0 aromatic heterocycles. The van der Waals surface area contributed by atoms with Crippen LogP contribution in [0.2, 0.25) is 0 Å². The van der Waals surface area contributed by atoms with E-state index in [0.717, 1.165) is 12.8 Å². The van der Waals surface area contributed by atoms with Gasteiger partial charge < -0.3 is 5.73 Å². The van der Waals surface area contributed by atoms with Crippen LogP contribution in [-0.4, -0.2) is 26.5 Å². The van der Waals surface area contributed by atoms with Gasteiger partial charge in [-0.15, -0.1) is 0 Å². The van der Waals surface area contributed by atoms with Crippen molar-refractivity contribution >= 4 is 9.84 Å². The molecule has 0 aliphatic rings. The lowest BCUT2D eigenvalue weighted by molar-refractivity contribution is 0.516. The van der Waals surface area contributed by atoms with Crippen molar-refractivity contribution < 1.29 is 8.42 Å². The fraction of sp³-hybridized carbons (Fsp3) is 1.00. The van der Waals surface area contributed by atoms with E-state index in [-0.39, 0.29) is 11.7 Å². The molecule has 0 radical (unpaired) electrons. The minimum absolute atomic E-state index is 0.0781. The summed E-state index contributed by atoms with van der Waals surface area (Å²) in [5.74, 6) is 0.948. The first kappa shape index (κ1) is 13.9. The van der Waals surface area contributed by atoms with Crippen molar-refractivity contribution in [3.05, 3.63) is 0 Å². The Kier molecular flexibility index (Phi) is 6.36. The Balaban J connectivity index is 4.19. The standard InChI is InChI=1S/C10H23NO2S/c1-4-10(5-2)8-14(12,13)7-9(3)6-11/h9-10H,4-8,11H2,1-3H3. The molecule has 4 heteroatoms. The van der Waals surface area contributed by atoms with Crippen LogP contribution in [0.5, 0.6) is 0 Å². The van der Waals surface area contributed by atoms with Crippen molar-refractivity contribution in [2.75, 3.05) is 18.1 Å². The minimum Gasteiger partial charge on any atom is -0.330 e. The molecule has 0 saturated heterocycles. The highest BCUT2D eigenvalue weighted by atomic mass is 32.2. The van der Waals surface area contributed by atoms with Crippen LogP contribution >= 0.6 is 0 Å². The summed E-state index contributed by atoms with van der Waals surface area (Å²) in [6.07, 6.45) is 1.87. The molecule has 86 valence electrons. The van der Waals surface area contributed by atoms with Crippen molar-refractivity contribution in [1.82, 2.24) is 0 Å². The van der Waals surface area contributed by atoms with E-state index in [2.05, 4.69) is 0 Å². The summed E-state index contributed by atoms with van der Waals surface area (Å²) in [5, 5.41) is 0. The van der Waals surface area contributed by atoms with E-state index in [1.165, 1.54) is 0 Å². The summed E-state index contributed by atoms with van der Waals surface area (Å²) < 4.78 is 23.3. The molecule has 0 amide bonds. The molecule has 0 aromatic rings. The fourth-order valence-corrected chi connectivity index (χ4v) is 3.78. The molecule has 3 nitrogen and oxygen atoms in total. The van der Waals surface area contributed by atoms with Crippen LogP contribution in [0.15, 0.2) is 0 Å². The molecule has 0 aliphatic heterocycles. The second-order valence-corrected chi connectivity index (χ2v) is 6.25. The predicted octanol–water partition coefficient (Wildman–Crippen LogP) is 1.43. The molecule has 0 spiro atoms. The summed E-state index contributed by atoms with van der Waals surface area (Å²) in [4.78, 5) is 0. The number of sulfone groups is 1. The Morgan fingerprint density at radius 2 is 1.64 bits per heavy atom. The highest BCUT2D eigenvalue weighted by Gasteiger charge is 2.19. The lowest BCUT2D eigenvalue weighted by Gasteiger charge is -2.14. The second-order valence-electron chi connectivity index (χ2n) is 4.10. The second kappa shape index (κ2) is 6.40. The van der Waals surface area contributed by atoms with Gasteiger partial charge in [0.1, 0.15) is 0 Å². The van der Waals surface area contributed by atoms with Crippen molar-refractivity contribution in [1.29, 1.82) is 0 Å². The number of rotatable bonds is 7. The zero-order valence-electron chi connectivity index (χ0n) is 9.49. The van der Waals surface area contributed by atoms with Crippen LogP contribution in [0.1, 0.15) is 33.6 Å². The van der Waals surface area contributed by atoms with Crippen molar-refractivity contribution in [2.24, 2.45) is 17.6 Å². The van der Waals surface area contributed by atoms with Gasteiger partial charge in [-0.3, -0.25) is 0 Å². The summed E-state index contributed by atoms with van der Waals surface area (Å²) in [6.45, 7) is 6.40. The van der Waals surface area contributed by atoms with E-state index in [4.69, 9.17) is 5.73 Å². The molecule has 1 atom stereocenters. The van der Waals surface area contributed by atoms with Gasteiger partial charge >= 0.3 is 0 Å². The van der Waals surface area contributed by atoms with Crippen LogP contribution in [0.25, 0.3) is 0 Å². The topological polar surface area (TPSA) is 60.2 Å². The molecule has 0 heterocycles. The van der Waals surface area contributed by atoms with Gasteiger partial charge in [-0.05, 0) is 18.4 Å². The van der Waals surface area contributed by atoms with E-state index in [9.17, 15) is 8.42 Å². The SMILES string of the molecule is CCC(CC)CS(=O)(=O)CC(C)CN. The fourth-order valence-electron chi connectivity index (χ4n) is 1.45. The Bertz CT molecular complexity index is 233. The van der Waals surface area contributed by atoms with Crippen molar-refractivity contribution in [3.63, 3.8) is 0 Å². The molecule has 1 unspecified atom stereocenters. The Morgan fingerprint density at radius 3 is 2.00 bits per heavy atom. The Labute approximate surface area is 88.0 Å². The predicted molar refractivity (Wildman–Crippen MR) is 60.9 cm³/mol. The monoisotopic (exact) mass is 221 g/mol. The van der Waals surface area contributed by atoms with Gasteiger partial charge in [-0.2, -0.15) is 0 Å². The molecule has 14 heavy (non-hydrogen) atoms. The molecule has 0 saturated carbocycles. The summed E-state index contributed by atoms with van der Waals surface area (Å²) >= 11 is 0. The van der Waals surface area contributed by atoms with E-state index in [1.54, 1.807) is 0 Å². The van der Waals surface area contributed by atoms with Gasteiger partial charge in [0.15, 0.2) is 9.84 Å². The first-order valence-electron chi connectivity index (χ1n) is 5.35. The van der Waals surface area contributed by atoms with Crippen LogP contribution in [0.4, 0.5) is 0 Å². The maximum absolute atomic E-state index is 11.7. The maximum Gasteiger partial charge on any atom is 0.150 e. The summed E-state index contributed by atoms with van der Waals surface area (Å²) in [7, 11) is -2.90. The number of hydrogen-bond acceptors (Lipinski definition) is 3. The van der Waals surface area contributed by atoms with Gasteiger partial charge in [0.2, 0.25) is 0 Å². The zero-order valence-corrected chi connectivity index (χ0v) is 10.3. The van der Waals surface area contributed by atoms with Gasteiger partial charge in [-0.25, -0.2) is 8.42 Å². The maximum atomic E-state index is 11.7. The third kappa shape index (κ3) is 5.60. The highest BCUT2D eigenvalue weighted by Crippen LogP contribution is 2.12. The lowest BCUT2D eigenvalue weighted by atomic mass is 10.1. The first-order valence-corrected chi connectivity index (χ1v) is 7.17. The van der Waals surface area contributed by atoms with E-state index in [1.807, 2.05) is 20.8 Å². The molecule has 0 rings (SSSR count). The van der Waals surface area contributed by atoms with Crippen LogP contribution in [0.3, 0.4) is 0 Å². The quantitative estimate of drug-likeness (QED) is 0.707. The third-order valence-corrected chi connectivity index (χ3v) is 4.64. The molecular formula is C10H23NO2S. The first-order chi connectivity index (χ1) is 6.45. The van der Waals surface area contributed by atoms with Gasteiger partial charge in [0.25, 0.3) is 0 Å². The van der Waals surface area contributed by atoms with E-state index >= 15 is 0 Å².